The van der Waals surface area contributed by atoms with Crippen LogP contribution in [0.1, 0.15) is 37.7 Å². The van der Waals surface area contributed by atoms with E-state index >= 15 is 0 Å². The van der Waals surface area contributed by atoms with Gasteiger partial charge in [-0.3, -0.25) is 4.90 Å². The number of hydrogen-bond donors (Lipinski definition) is 0. The standard InChI is InChI=1S/C14H19BrFN/c15-14-10-13(16)7-6-12(14)11-17-8-4-2-1-3-5-9-17/h6-7,10H,1-5,8-9,11H2. The Labute approximate surface area is 111 Å². The molecule has 1 saturated heterocycles. The van der Waals surface area contributed by atoms with E-state index in [1.165, 1.54) is 50.8 Å². The predicted molar refractivity (Wildman–Crippen MR) is 72.5 cm³/mol. The summed E-state index contributed by atoms with van der Waals surface area (Å²) in [7, 11) is 0. The second-order valence-electron chi connectivity index (χ2n) is 4.78. The van der Waals surface area contributed by atoms with Gasteiger partial charge < -0.3 is 0 Å². The Balaban J connectivity index is 1.98. The van der Waals surface area contributed by atoms with Crippen LogP contribution in [0.5, 0.6) is 0 Å². The topological polar surface area (TPSA) is 3.24 Å². The molecule has 1 aliphatic rings. The first-order valence-corrected chi connectivity index (χ1v) is 7.21. The Morgan fingerprint density at radius 2 is 1.71 bits per heavy atom. The smallest absolute Gasteiger partial charge is 0.124 e. The Kier molecular flexibility index (Phi) is 4.99. The van der Waals surface area contributed by atoms with Crippen molar-refractivity contribution in [2.45, 2.75) is 38.6 Å². The largest absolute Gasteiger partial charge is 0.299 e. The van der Waals surface area contributed by atoms with Crippen LogP contribution in [0, 0.1) is 5.82 Å². The molecule has 1 aromatic carbocycles. The summed E-state index contributed by atoms with van der Waals surface area (Å²) in [6.07, 6.45) is 6.66. The fourth-order valence-corrected chi connectivity index (χ4v) is 2.84. The molecule has 17 heavy (non-hydrogen) atoms. The lowest BCUT2D eigenvalue weighted by atomic mass is 10.1. The first kappa shape index (κ1) is 13.0. The van der Waals surface area contributed by atoms with Crippen LogP contribution in [-0.4, -0.2) is 18.0 Å². The Hall–Kier alpha value is -0.410. The van der Waals surface area contributed by atoms with Gasteiger partial charge in [-0.05, 0) is 43.6 Å². The van der Waals surface area contributed by atoms with Crippen LogP contribution >= 0.6 is 15.9 Å². The molecule has 1 nitrogen and oxygen atoms in total. The highest BCUT2D eigenvalue weighted by Crippen LogP contribution is 2.21. The summed E-state index contributed by atoms with van der Waals surface area (Å²) in [5.41, 5.74) is 1.19. The molecule has 0 bridgehead atoms. The molecule has 0 unspecified atom stereocenters. The number of hydrogen-bond acceptors (Lipinski definition) is 1. The van der Waals surface area contributed by atoms with Crippen molar-refractivity contribution in [3.63, 3.8) is 0 Å². The van der Waals surface area contributed by atoms with Crippen LogP contribution in [0.25, 0.3) is 0 Å². The third kappa shape index (κ3) is 4.07. The second-order valence-corrected chi connectivity index (χ2v) is 5.63. The zero-order valence-electron chi connectivity index (χ0n) is 10.1. The molecule has 0 atom stereocenters. The van der Waals surface area contributed by atoms with Gasteiger partial charge in [-0.25, -0.2) is 4.39 Å². The number of nitrogens with zero attached hydrogens (tertiary/aromatic N) is 1. The second kappa shape index (κ2) is 6.50. The molecule has 1 aliphatic heterocycles. The van der Waals surface area contributed by atoms with Gasteiger partial charge in [0.15, 0.2) is 0 Å². The van der Waals surface area contributed by atoms with Crippen LogP contribution in [0.4, 0.5) is 4.39 Å². The monoisotopic (exact) mass is 299 g/mol. The summed E-state index contributed by atoms with van der Waals surface area (Å²) in [4.78, 5) is 2.48. The minimum atomic E-state index is -0.173. The molecule has 0 amide bonds. The SMILES string of the molecule is Fc1ccc(CN2CCCCCCC2)c(Br)c1. The van der Waals surface area contributed by atoms with E-state index in [2.05, 4.69) is 20.8 Å². The van der Waals surface area contributed by atoms with E-state index in [0.717, 1.165) is 11.0 Å². The number of halogens is 2. The van der Waals surface area contributed by atoms with Crippen molar-refractivity contribution in [2.75, 3.05) is 13.1 Å². The van der Waals surface area contributed by atoms with Crippen molar-refractivity contribution >= 4 is 15.9 Å². The summed E-state index contributed by atoms with van der Waals surface area (Å²) in [5.74, 6) is -0.173. The van der Waals surface area contributed by atoms with Crippen LogP contribution in [0.2, 0.25) is 0 Å². The molecule has 0 radical (unpaired) electrons. The number of benzene rings is 1. The minimum absolute atomic E-state index is 0.173. The summed E-state index contributed by atoms with van der Waals surface area (Å²) in [5, 5.41) is 0. The third-order valence-electron chi connectivity index (χ3n) is 3.36. The quantitative estimate of drug-likeness (QED) is 0.784. The van der Waals surface area contributed by atoms with Crippen molar-refractivity contribution < 1.29 is 4.39 Å². The minimum Gasteiger partial charge on any atom is -0.299 e. The van der Waals surface area contributed by atoms with E-state index in [9.17, 15) is 4.39 Å². The van der Waals surface area contributed by atoms with Gasteiger partial charge in [0.25, 0.3) is 0 Å². The van der Waals surface area contributed by atoms with E-state index in [1.807, 2.05) is 6.07 Å². The van der Waals surface area contributed by atoms with E-state index < -0.39 is 0 Å². The van der Waals surface area contributed by atoms with E-state index in [-0.39, 0.29) is 5.82 Å². The van der Waals surface area contributed by atoms with Crippen molar-refractivity contribution in [3.05, 3.63) is 34.1 Å². The molecule has 2 rings (SSSR count). The summed E-state index contributed by atoms with van der Waals surface area (Å²) in [6.45, 7) is 3.27. The lowest BCUT2D eigenvalue weighted by molar-refractivity contribution is 0.239. The highest BCUT2D eigenvalue weighted by molar-refractivity contribution is 9.10. The maximum absolute atomic E-state index is 13.0. The number of rotatable bonds is 2. The number of likely N-dealkylation sites (tertiary alicyclic amines) is 1. The lowest BCUT2D eigenvalue weighted by Crippen LogP contribution is -2.27. The normalized spacial score (nSPS) is 18.7. The van der Waals surface area contributed by atoms with Gasteiger partial charge in [0, 0.05) is 11.0 Å². The first-order chi connectivity index (χ1) is 8.25. The summed E-state index contributed by atoms with van der Waals surface area (Å²) >= 11 is 3.44. The Bertz CT molecular complexity index is 359. The average Bonchev–Trinajstić information content (AvgIpc) is 2.25. The third-order valence-corrected chi connectivity index (χ3v) is 4.10. The average molecular weight is 300 g/mol. The lowest BCUT2D eigenvalue weighted by Gasteiger charge is -2.24. The van der Waals surface area contributed by atoms with Crippen molar-refractivity contribution in [3.8, 4) is 0 Å². The van der Waals surface area contributed by atoms with Gasteiger partial charge in [-0.1, -0.05) is 41.3 Å². The zero-order chi connectivity index (χ0) is 12.1. The molecule has 94 valence electrons. The fourth-order valence-electron chi connectivity index (χ4n) is 2.36. The fraction of sp³-hybridized carbons (Fsp3) is 0.571. The molecule has 0 aromatic heterocycles. The molecule has 0 saturated carbocycles. The van der Waals surface area contributed by atoms with Gasteiger partial charge >= 0.3 is 0 Å². The summed E-state index contributed by atoms with van der Waals surface area (Å²) < 4.78 is 13.9. The van der Waals surface area contributed by atoms with Crippen LogP contribution in [0.3, 0.4) is 0 Å². The molecular weight excluding hydrogens is 281 g/mol. The predicted octanol–water partition coefficient (Wildman–Crippen LogP) is 4.35. The molecule has 1 heterocycles. The van der Waals surface area contributed by atoms with Crippen LogP contribution in [-0.2, 0) is 6.54 Å². The first-order valence-electron chi connectivity index (χ1n) is 6.42. The molecule has 3 heteroatoms. The Morgan fingerprint density at radius 3 is 2.35 bits per heavy atom. The molecular formula is C14H19BrFN. The van der Waals surface area contributed by atoms with Crippen molar-refractivity contribution in [2.24, 2.45) is 0 Å². The van der Waals surface area contributed by atoms with Gasteiger partial charge in [-0.2, -0.15) is 0 Å². The van der Waals surface area contributed by atoms with E-state index in [1.54, 1.807) is 12.1 Å². The van der Waals surface area contributed by atoms with Gasteiger partial charge in [-0.15, -0.1) is 0 Å². The maximum atomic E-state index is 13.0. The molecule has 0 spiro atoms. The molecule has 0 N–H and O–H groups in total. The van der Waals surface area contributed by atoms with Gasteiger partial charge in [0.2, 0.25) is 0 Å². The van der Waals surface area contributed by atoms with Crippen molar-refractivity contribution in [1.29, 1.82) is 0 Å². The van der Waals surface area contributed by atoms with Gasteiger partial charge in [0.05, 0.1) is 0 Å². The van der Waals surface area contributed by atoms with Crippen molar-refractivity contribution in [1.82, 2.24) is 4.90 Å². The van der Waals surface area contributed by atoms with Crippen LogP contribution < -0.4 is 0 Å². The molecule has 1 fully saturated rings. The van der Waals surface area contributed by atoms with E-state index in [0.29, 0.717) is 0 Å². The highest BCUT2D eigenvalue weighted by atomic mass is 79.9. The zero-order valence-corrected chi connectivity index (χ0v) is 11.7. The van der Waals surface area contributed by atoms with Gasteiger partial charge in [0.1, 0.15) is 5.82 Å². The van der Waals surface area contributed by atoms with Crippen LogP contribution in [0.15, 0.2) is 22.7 Å². The highest BCUT2D eigenvalue weighted by Gasteiger charge is 2.10. The van der Waals surface area contributed by atoms with E-state index in [4.69, 9.17) is 0 Å². The summed E-state index contributed by atoms with van der Waals surface area (Å²) in [6, 6.07) is 4.99. The maximum Gasteiger partial charge on any atom is 0.124 e. The molecule has 1 aromatic rings. The Morgan fingerprint density at radius 1 is 1.06 bits per heavy atom. The molecule has 0 aliphatic carbocycles.